The fraction of sp³-hybridized carbons (Fsp3) is 0.143. The highest BCUT2D eigenvalue weighted by Crippen LogP contribution is 2.39. The summed E-state index contributed by atoms with van der Waals surface area (Å²) in [5, 5.41) is 15.9. The molecule has 3 aromatic rings. The van der Waals surface area contributed by atoms with Gasteiger partial charge in [0.2, 0.25) is 5.91 Å². The zero-order valence-corrected chi connectivity index (χ0v) is 16.3. The Balaban J connectivity index is 1.86. The van der Waals surface area contributed by atoms with Gasteiger partial charge in [-0.1, -0.05) is 29.8 Å². The number of nitrogens with zero attached hydrogens (tertiary/aromatic N) is 2. The van der Waals surface area contributed by atoms with E-state index in [9.17, 15) is 19.7 Å². The number of aryl methyl sites for hydroxylation is 1. The first kappa shape index (κ1) is 18.8. The van der Waals surface area contributed by atoms with Gasteiger partial charge in [-0.15, -0.1) is 11.3 Å². The van der Waals surface area contributed by atoms with Gasteiger partial charge < -0.3 is 10.2 Å². The van der Waals surface area contributed by atoms with Crippen LogP contribution in [0.5, 0.6) is 0 Å². The molecule has 0 saturated heterocycles. The van der Waals surface area contributed by atoms with Gasteiger partial charge in [0, 0.05) is 33.8 Å². The number of rotatable bonds is 3. The van der Waals surface area contributed by atoms with E-state index in [1.165, 1.54) is 40.5 Å². The highest BCUT2D eigenvalue weighted by molar-refractivity contribution is 7.10. The van der Waals surface area contributed by atoms with Gasteiger partial charge in [0.05, 0.1) is 11.0 Å². The molecule has 2 aromatic carbocycles. The Morgan fingerprint density at radius 1 is 1.21 bits per heavy atom. The first-order valence-electron chi connectivity index (χ1n) is 8.93. The van der Waals surface area contributed by atoms with Crippen molar-refractivity contribution in [3.05, 3.63) is 91.7 Å². The van der Waals surface area contributed by atoms with Crippen LogP contribution >= 0.6 is 11.3 Å². The van der Waals surface area contributed by atoms with E-state index < -0.39 is 16.9 Å². The first-order chi connectivity index (χ1) is 13.9. The fourth-order valence-corrected chi connectivity index (χ4v) is 4.34. The quantitative estimate of drug-likeness (QED) is 0.521. The number of carbonyl (C=O) groups excluding carboxylic acids is 2. The molecule has 146 valence electrons. The number of hydrogen-bond donors (Lipinski definition) is 1. The number of benzene rings is 2. The second-order valence-electron chi connectivity index (χ2n) is 6.80. The molecule has 1 aromatic heterocycles. The minimum atomic E-state index is -0.540. The maximum atomic E-state index is 13.4. The Kier molecular flexibility index (Phi) is 4.85. The molecule has 2 amide bonds. The van der Waals surface area contributed by atoms with Crippen molar-refractivity contribution in [3.8, 4) is 0 Å². The highest BCUT2D eigenvalue weighted by atomic mass is 32.1. The van der Waals surface area contributed by atoms with Gasteiger partial charge in [0.1, 0.15) is 6.54 Å². The molecule has 2 heterocycles. The van der Waals surface area contributed by atoms with E-state index in [0.717, 1.165) is 16.0 Å². The van der Waals surface area contributed by atoms with Gasteiger partial charge >= 0.3 is 0 Å². The third-order valence-electron chi connectivity index (χ3n) is 4.78. The number of hydrogen-bond acceptors (Lipinski definition) is 5. The normalized spacial score (nSPS) is 16.0. The van der Waals surface area contributed by atoms with Crippen LogP contribution in [0.25, 0.3) is 0 Å². The van der Waals surface area contributed by atoms with Gasteiger partial charge in [0.25, 0.3) is 11.6 Å². The molecule has 1 aliphatic rings. The third-order valence-corrected chi connectivity index (χ3v) is 5.70. The SMILES string of the molecule is Cc1ccc2c(c1)C(c1cccs1)N(C(=O)c1cccc([N+](=O)[O-])c1)CC(=O)N2. The maximum Gasteiger partial charge on any atom is 0.270 e. The molecule has 7 nitrogen and oxygen atoms in total. The lowest BCUT2D eigenvalue weighted by molar-refractivity contribution is -0.384. The molecule has 8 heteroatoms. The van der Waals surface area contributed by atoms with Gasteiger partial charge in [-0.2, -0.15) is 0 Å². The molecule has 0 bridgehead atoms. The second kappa shape index (κ2) is 7.48. The van der Waals surface area contributed by atoms with Gasteiger partial charge in [0.15, 0.2) is 0 Å². The van der Waals surface area contributed by atoms with E-state index in [4.69, 9.17) is 0 Å². The molecule has 1 N–H and O–H groups in total. The van der Waals surface area contributed by atoms with Crippen LogP contribution in [0, 0.1) is 17.0 Å². The second-order valence-corrected chi connectivity index (χ2v) is 7.78. The molecule has 0 radical (unpaired) electrons. The largest absolute Gasteiger partial charge is 0.324 e. The number of thiophene rings is 1. The predicted octanol–water partition coefficient (Wildman–Crippen LogP) is 4.15. The number of anilines is 1. The van der Waals surface area contributed by atoms with Gasteiger partial charge in [-0.3, -0.25) is 19.7 Å². The van der Waals surface area contributed by atoms with Crippen molar-refractivity contribution in [1.29, 1.82) is 0 Å². The molecule has 1 atom stereocenters. The summed E-state index contributed by atoms with van der Waals surface area (Å²) in [6.45, 7) is 1.79. The zero-order valence-electron chi connectivity index (χ0n) is 15.5. The summed E-state index contributed by atoms with van der Waals surface area (Å²) in [7, 11) is 0. The molecule has 4 rings (SSSR count). The Morgan fingerprint density at radius 2 is 2.03 bits per heavy atom. The molecular weight excluding hydrogens is 390 g/mol. The molecule has 29 heavy (non-hydrogen) atoms. The number of amides is 2. The minimum absolute atomic E-state index is 0.155. The lowest BCUT2D eigenvalue weighted by Crippen LogP contribution is -2.38. The molecule has 0 aliphatic carbocycles. The van der Waals surface area contributed by atoms with Crippen LogP contribution in [0.15, 0.2) is 60.0 Å². The monoisotopic (exact) mass is 407 g/mol. The summed E-state index contributed by atoms with van der Waals surface area (Å²) in [4.78, 5) is 38.9. The smallest absolute Gasteiger partial charge is 0.270 e. The van der Waals surface area contributed by atoms with Crippen LogP contribution in [-0.4, -0.2) is 28.2 Å². The average Bonchev–Trinajstić information content (AvgIpc) is 3.18. The van der Waals surface area contributed by atoms with Gasteiger partial charge in [-0.25, -0.2) is 0 Å². The third kappa shape index (κ3) is 3.62. The van der Waals surface area contributed by atoms with Crippen molar-refractivity contribution < 1.29 is 14.5 Å². The lowest BCUT2D eigenvalue weighted by Gasteiger charge is -2.29. The lowest BCUT2D eigenvalue weighted by atomic mass is 9.99. The van der Waals surface area contributed by atoms with E-state index >= 15 is 0 Å². The Bertz CT molecular complexity index is 1110. The number of non-ortho nitro benzene ring substituents is 1. The standard InChI is InChI=1S/C21H17N3O4S/c1-13-7-8-17-16(10-13)20(18-6-3-9-29-18)23(12-19(25)22-17)21(26)14-4-2-5-15(11-14)24(27)28/h2-11,20H,12H2,1H3,(H,22,25). The number of nitro benzene ring substituents is 1. The average molecular weight is 407 g/mol. The molecular formula is C21H17N3O4S. The van der Waals surface area contributed by atoms with E-state index in [1.54, 1.807) is 0 Å². The maximum absolute atomic E-state index is 13.4. The van der Waals surface area contributed by atoms with Crippen molar-refractivity contribution in [2.24, 2.45) is 0 Å². The van der Waals surface area contributed by atoms with E-state index in [0.29, 0.717) is 5.69 Å². The van der Waals surface area contributed by atoms with E-state index in [2.05, 4.69) is 5.32 Å². The number of nitrogens with one attached hydrogen (secondary N) is 1. The summed E-state index contributed by atoms with van der Waals surface area (Å²) >= 11 is 1.49. The van der Waals surface area contributed by atoms with Crippen LogP contribution in [0.4, 0.5) is 11.4 Å². The van der Waals surface area contributed by atoms with Crippen molar-refractivity contribution in [2.45, 2.75) is 13.0 Å². The Hall–Kier alpha value is -3.52. The minimum Gasteiger partial charge on any atom is -0.324 e. The van der Waals surface area contributed by atoms with Crippen molar-refractivity contribution in [2.75, 3.05) is 11.9 Å². The van der Waals surface area contributed by atoms with Crippen molar-refractivity contribution in [1.82, 2.24) is 4.90 Å². The van der Waals surface area contributed by atoms with Crippen molar-refractivity contribution >= 4 is 34.5 Å². The van der Waals surface area contributed by atoms with Crippen LogP contribution in [0.1, 0.15) is 32.4 Å². The molecule has 0 saturated carbocycles. The summed E-state index contributed by atoms with van der Waals surface area (Å²) in [6.07, 6.45) is 0. The predicted molar refractivity (Wildman–Crippen MR) is 110 cm³/mol. The summed E-state index contributed by atoms with van der Waals surface area (Å²) in [5.74, 6) is -0.746. The van der Waals surface area contributed by atoms with Crippen LogP contribution in [0.2, 0.25) is 0 Å². The number of nitro groups is 1. The highest BCUT2D eigenvalue weighted by Gasteiger charge is 2.34. The van der Waals surface area contributed by atoms with E-state index in [1.807, 2.05) is 42.6 Å². The van der Waals surface area contributed by atoms with Crippen LogP contribution in [0.3, 0.4) is 0 Å². The fourth-order valence-electron chi connectivity index (χ4n) is 3.49. The number of carbonyl (C=O) groups is 2. The Morgan fingerprint density at radius 3 is 2.76 bits per heavy atom. The van der Waals surface area contributed by atoms with Crippen LogP contribution in [-0.2, 0) is 4.79 Å². The molecule has 0 fully saturated rings. The Labute approximate surface area is 170 Å². The number of fused-ring (bicyclic) bond motifs is 1. The topological polar surface area (TPSA) is 92.6 Å². The van der Waals surface area contributed by atoms with Crippen molar-refractivity contribution in [3.63, 3.8) is 0 Å². The van der Waals surface area contributed by atoms with E-state index in [-0.39, 0.29) is 23.7 Å². The van der Waals surface area contributed by atoms with Crippen LogP contribution < -0.4 is 5.32 Å². The summed E-state index contributed by atoms with van der Waals surface area (Å²) in [6, 6.07) is 14.6. The first-order valence-corrected chi connectivity index (χ1v) is 9.81. The summed E-state index contributed by atoms with van der Waals surface area (Å²) < 4.78 is 0. The molecule has 1 unspecified atom stereocenters. The van der Waals surface area contributed by atoms with Gasteiger partial charge in [-0.05, 0) is 30.5 Å². The molecule has 0 spiro atoms. The molecule has 1 aliphatic heterocycles. The zero-order chi connectivity index (χ0) is 20.5. The summed E-state index contributed by atoms with van der Waals surface area (Å²) in [5.41, 5.74) is 2.48.